The fraction of sp³-hybridized carbons (Fsp3) is 0.300. The molecule has 0 unspecified atom stereocenters. The molecule has 2 rings (SSSR count). The number of benzene rings is 2. The smallest absolute Gasteiger partial charge is 0.426 e. The summed E-state index contributed by atoms with van der Waals surface area (Å²) in [6.45, 7) is 1.32. The largest absolute Gasteiger partial charge is 0.429 e. The van der Waals surface area contributed by atoms with Crippen molar-refractivity contribution >= 4 is 11.8 Å². The Labute approximate surface area is 170 Å². The fourth-order valence-electron chi connectivity index (χ4n) is 2.02. The summed E-state index contributed by atoms with van der Waals surface area (Å²) in [6, 6.07) is 9.68. The fourth-order valence-corrected chi connectivity index (χ4v) is 2.02. The van der Waals surface area contributed by atoms with Gasteiger partial charge in [0.05, 0.1) is 12.1 Å². The molecule has 0 aliphatic carbocycles. The van der Waals surface area contributed by atoms with Gasteiger partial charge in [0.2, 0.25) is 11.8 Å². The molecule has 0 aromatic heterocycles. The number of rotatable bonds is 7. The lowest BCUT2D eigenvalue weighted by Crippen LogP contribution is -2.35. The number of amides is 2. The first-order valence-electron chi connectivity index (χ1n) is 8.51. The molecule has 6 nitrogen and oxygen atoms in total. The molecule has 2 N–H and O–H groups in total. The zero-order valence-electron chi connectivity index (χ0n) is 16.3. The molecule has 29 heavy (non-hydrogen) atoms. The van der Waals surface area contributed by atoms with E-state index < -0.39 is 17.5 Å². The zero-order valence-corrected chi connectivity index (χ0v) is 16.3. The summed E-state index contributed by atoms with van der Waals surface area (Å²) in [6.07, 6.45) is -3.68. The van der Waals surface area contributed by atoms with Gasteiger partial charge in [-0.1, -0.05) is 18.2 Å². The first kappa shape index (κ1) is 24.0. The molecule has 0 heterocycles. The third-order valence-corrected chi connectivity index (χ3v) is 3.32. The molecule has 162 valence electrons. The van der Waals surface area contributed by atoms with Crippen LogP contribution in [0.15, 0.2) is 48.5 Å². The highest BCUT2D eigenvalue weighted by Gasteiger charge is 2.34. The summed E-state index contributed by atoms with van der Waals surface area (Å²) in [7, 11) is 3.25. The molecule has 9 heteroatoms. The minimum atomic E-state index is -3.68. The van der Waals surface area contributed by atoms with E-state index in [0.29, 0.717) is 11.6 Å². The predicted octanol–water partition coefficient (Wildman–Crippen LogP) is 3.46. The molecule has 2 aromatic rings. The second-order valence-corrected chi connectivity index (χ2v) is 5.87. The highest BCUT2D eigenvalue weighted by Crippen LogP contribution is 2.31. The van der Waals surface area contributed by atoms with Crippen LogP contribution in [0.4, 0.5) is 13.2 Å². The van der Waals surface area contributed by atoms with Gasteiger partial charge in [0.25, 0.3) is 0 Å². The number of methoxy groups -OCH3 is 1. The second kappa shape index (κ2) is 11.7. The van der Waals surface area contributed by atoms with Crippen molar-refractivity contribution in [1.29, 1.82) is 0 Å². The number of nitrogens with one attached hydrogen (secondary N) is 2. The zero-order chi connectivity index (χ0) is 21.9. The molecule has 0 radical (unpaired) electrons. The van der Waals surface area contributed by atoms with Gasteiger partial charge in [-0.3, -0.25) is 9.59 Å². The Bertz CT molecular complexity index is 809. The predicted molar refractivity (Wildman–Crippen MR) is 105 cm³/mol. The highest BCUT2D eigenvalue weighted by atomic mass is 19.3. The number of carbonyl (C=O) groups excluding carboxylic acids is 2. The van der Waals surface area contributed by atoms with E-state index in [9.17, 15) is 22.8 Å². The molecule has 0 bridgehead atoms. The number of alkyl halides is 2. The second-order valence-electron chi connectivity index (χ2n) is 5.87. The van der Waals surface area contributed by atoms with Crippen LogP contribution < -0.4 is 15.4 Å². The number of carbonyl (C=O) groups is 2. The normalized spacial score (nSPS) is 10.4. The Balaban J connectivity index is 0. The molecule has 0 saturated heterocycles. The van der Waals surface area contributed by atoms with Gasteiger partial charge >= 0.3 is 6.11 Å². The van der Waals surface area contributed by atoms with Gasteiger partial charge in [-0.25, -0.2) is 4.39 Å². The van der Waals surface area contributed by atoms with Crippen molar-refractivity contribution in [2.24, 2.45) is 0 Å². The Kier molecular flexibility index (Phi) is 9.67. The maximum absolute atomic E-state index is 14.0. The van der Waals surface area contributed by atoms with E-state index in [4.69, 9.17) is 0 Å². The van der Waals surface area contributed by atoms with Crippen LogP contribution in [0.2, 0.25) is 0 Å². The summed E-state index contributed by atoms with van der Waals surface area (Å²) < 4.78 is 50.1. The van der Waals surface area contributed by atoms with Gasteiger partial charge in [-0.15, -0.1) is 0 Å². The number of halogens is 3. The molecule has 0 aliphatic rings. The maximum atomic E-state index is 14.0. The van der Waals surface area contributed by atoms with Crippen LogP contribution in [-0.4, -0.2) is 32.6 Å². The molecule has 0 saturated carbocycles. The molecule has 2 amide bonds. The molecule has 0 aliphatic heterocycles. The van der Waals surface area contributed by atoms with Crippen LogP contribution in [0.5, 0.6) is 5.75 Å². The van der Waals surface area contributed by atoms with Crippen LogP contribution >= 0.6 is 0 Å². The summed E-state index contributed by atoms with van der Waals surface area (Å²) >= 11 is 0. The number of hydrogen-bond acceptors (Lipinski definition) is 4. The van der Waals surface area contributed by atoms with Gasteiger partial charge in [0.1, 0.15) is 11.6 Å². The standard InChI is InChI=1S/C18H17F3N2O3.C2H6O.2H2/c1-12(24)22-11-17(25)23-10-13-5-7-16(8-6-13)26-18(20,21)14-3-2-4-15(19)9-14;1-3-2;;/h2-9H,10-11H2,1H3,(H,22,24)(H,23,25);1-2H3;2*1H. The molecule has 0 spiro atoms. The van der Waals surface area contributed by atoms with Crippen LogP contribution in [-0.2, 0) is 27.0 Å². The molecular weight excluding hydrogens is 389 g/mol. The van der Waals surface area contributed by atoms with Gasteiger partial charge < -0.3 is 20.1 Å². The topological polar surface area (TPSA) is 76.7 Å². The Morgan fingerprint density at radius 3 is 2.24 bits per heavy atom. The Morgan fingerprint density at radius 2 is 1.69 bits per heavy atom. The number of hydrogen-bond donors (Lipinski definition) is 2. The Morgan fingerprint density at radius 1 is 1.07 bits per heavy atom. The van der Waals surface area contributed by atoms with Gasteiger partial charge in [-0.2, -0.15) is 8.78 Å². The van der Waals surface area contributed by atoms with E-state index >= 15 is 0 Å². The van der Waals surface area contributed by atoms with E-state index in [1.54, 1.807) is 14.2 Å². The van der Waals surface area contributed by atoms with Crippen LogP contribution in [0.3, 0.4) is 0 Å². The van der Waals surface area contributed by atoms with E-state index in [0.717, 1.165) is 12.1 Å². The van der Waals surface area contributed by atoms with Crippen molar-refractivity contribution in [2.45, 2.75) is 19.6 Å². The maximum Gasteiger partial charge on any atom is 0.426 e. The van der Waals surface area contributed by atoms with E-state index in [-0.39, 0.29) is 33.5 Å². The van der Waals surface area contributed by atoms with Crippen molar-refractivity contribution in [3.8, 4) is 5.75 Å². The highest BCUT2D eigenvalue weighted by molar-refractivity contribution is 5.83. The first-order chi connectivity index (χ1) is 13.7. The molecule has 0 fully saturated rings. The quantitative estimate of drug-likeness (QED) is 0.725. The summed E-state index contributed by atoms with van der Waals surface area (Å²) in [4.78, 5) is 22.2. The van der Waals surface area contributed by atoms with Gasteiger partial charge in [-0.05, 0) is 35.9 Å². The minimum absolute atomic E-state index is 0. The molecule has 2 aromatic carbocycles. The monoisotopic (exact) mass is 416 g/mol. The van der Waals surface area contributed by atoms with Crippen molar-refractivity contribution < 1.29 is 35.1 Å². The summed E-state index contributed by atoms with van der Waals surface area (Å²) in [5, 5.41) is 4.92. The van der Waals surface area contributed by atoms with Gasteiger partial charge in [0.15, 0.2) is 0 Å². The van der Waals surface area contributed by atoms with E-state index in [1.165, 1.54) is 37.3 Å². The van der Waals surface area contributed by atoms with Crippen LogP contribution in [0.25, 0.3) is 0 Å². The lowest BCUT2D eigenvalue weighted by atomic mass is 10.2. The van der Waals surface area contributed by atoms with Crippen molar-refractivity contribution in [1.82, 2.24) is 10.6 Å². The van der Waals surface area contributed by atoms with Crippen LogP contribution in [0.1, 0.15) is 20.9 Å². The third-order valence-electron chi connectivity index (χ3n) is 3.32. The average Bonchev–Trinajstić information content (AvgIpc) is 2.66. The minimum Gasteiger partial charge on any atom is -0.429 e. The lowest BCUT2D eigenvalue weighted by Gasteiger charge is -2.18. The van der Waals surface area contributed by atoms with E-state index in [2.05, 4.69) is 20.1 Å². The summed E-state index contributed by atoms with van der Waals surface area (Å²) in [5.74, 6) is -1.58. The van der Waals surface area contributed by atoms with Crippen molar-refractivity contribution in [2.75, 3.05) is 20.8 Å². The first-order valence-corrected chi connectivity index (χ1v) is 8.51. The number of ether oxygens (including phenoxy) is 2. The van der Waals surface area contributed by atoms with Crippen molar-refractivity contribution in [3.05, 3.63) is 65.5 Å². The Hall–Kier alpha value is -3.07. The van der Waals surface area contributed by atoms with Crippen LogP contribution in [0, 0.1) is 5.82 Å². The third kappa shape index (κ3) is 9.11. The molecular formula is C20H27F3N2O4. The van der Waals surface area contributed by atoms with Gasteiger partial charge in [0, 0.05) is 30.5 Å². The SMILES string of the molecule is CC(=O)NCC(=O)NCc1ccc(OC(F)(F)c2cccc(F)c2)cc1.COC.[HH].[HH]. The van der Waals surface area contributed by atoms with E-state index in [1.807, 2.05) is 0 Å². The lowest BCUT2D eigenvalue weighted by molar-refractivity contribution is -0.185. The molecule has 0 atom stereocenters. The van der Waals surface area contributed by atoms with Crippen molar-refractivity contribution in [3.63, 3.8) is 0 Å². The summed E-state index contributed by atoms with van der Waals surface area (Å²) in [5.41, 5.74) is 0.0643. The average molecular weight is 416 g/mol.